The molecule has 0 saturated heterocycles. The first-order chi connectivity index (χ1) is 24.2. The Hall–Kier alpha value is -4.98. The van der Waals surface area contributed by atoms with E-state index in [0.29, 0.717) is 22.6 Å². The van der Waals surface area contributed by atoms with E-state index >= 15 is 0 Å². The van der Waals surface area contributed by atoms with Crippen LogP contribution in [0.1, 0.15) is 72.9 Å². The first-order valence-electron chi connectivity index (χ1n) is 17.7. The van der Waals surface area contributed by atoms with Crippen LogP contribution in [0, 0.1) is 5.92 Å². The van der Waals surface area contributed by atoms with Crippen LogP contribution in [0.4, 0.5) is 0 Å². The number of benzene rings is 5. The molecule has 0 aliphatic rings. The van der Waals surface area contributed by atoms with Crippen molar-refractivity contribution in [1.82, 2.24) is 14.9 Å². The Morgan fingerprint density at radius 3 is 1.78 bits per heavy atom. The van der Waals surface area contributed by atoms with Crippen molar-refractivity contribution in [3.05, 3.63) is 167 Å². The van der Waals surface area contributed by atoms with Gasteiger partial charge in [0, 0.05) is 13.2 Å². The van der Waals surface area contributed by atoms with E-state index in [4.69, 9.17) is 9.41 Å². The average Bonchev–Trinajstić information content (AvgIpc) is 3.63. The molecular weight excluding hydrogens is 647 g/mol. The fourth-order valence-corrected chi connectivity index (χ4v) is 7.91. The number of fused-ring (bicyclic) bond motifs is 1. The fraction of sp³-hybridized carbons (Fsp3) is 0.273. The van der Waals surface area contributed by atoms with Crippen molar-refractivity contribution in [2.75, 3.05) is 7.05 Å². The zero-order valence-electron chi connectivity index (χ0n) is 30.9. The molecule has 0 aliphatic heterocycles. The van der Waals surface area contributed by atoms with Gasteiger partial charge in [0.1, 0.15) is 16.9 Å². The Balaban J connectivity index is 1.53. The lowest BCUT2D eigenvalue weighted by molar-refractivity contribution is 0.0279. The molecule has 0 saturated carbocycles. The van der Waals surface area contributed by atoms with Gasteiger partial charge in [0.05, 0.1) is 17.6 Å². The Bertz CT molecular complexity index is 2040. The molecule has 0 radical (unpaired) electrons. The van der Waals surface area contributed by atoms with E-state index in [1.165, 1.54) is 0 Å². The number of carbonyl (C=O) groups is 1. The molecule has 0 fully saturated rings. The summed E-state index contributed by atoms with van der Waals surface area (Å²) in [7, 11) is -0.602. The molecule has 6 rings (SSSR count). The first kappa shape index (κ1) is 35.8. The summed E-state index contributed by atoms with van der Waals surface area (Å²) in [6.45, 7) is 14.9. The predicted octanol–water partition coefficient (Wildman–Crippen LogP) is 9.51. The Morgan fingerprint density at radius 2 is 1.31 bits per heavy atom. The minimum absolute atomic E-state index is 0.0396. The summed E-state index contributed by atoms with van der Waals surface area (Å²) in [6.07, 6.45) is 3.83. The summed E-state index contributed by atoms with van der Waals surface area (Å²) in [6, 6.07) is 41.0. The van der Waals surface area contributed by atoms with E-state index in [9.17, 15) is 9.90 Å². The van der Waals surface area contributed by atoms with E-state index in [-0.39, 0.29) is 16.9 Å². The van der Waals surface area contributed by atoms with Crippen LogP contribution in [0.25, 0.3) is 10.8 Å². The van der Waals surface area contributed by atoms with Gasteiger partial charge in [0.2, 0.25) is 0 Å². The fourth-order valence-electron chi connectivity index (χ4n) is 6.88. The molecule has 7 heteroatoms. The number of hydrogen-bond acceptors (Lipinski definition) is 4. The van der Waals surface area contributed by atoms with Crippen LogP contribution in [-0.4, -0.2) is 35.9 Å². The van der Waals surface area contributed by atoms with Crippen LogP contribution in [0.5, 0.6) is 5.75 Å². The number of aromatic nitrogens is 2. The lowest BCUT2D eigenvalue weighted by atomic mass is 9.76. The van der Waals surface area contributed by atoms with Crippen molar-refractivity contribution < 1.29 is 14.3 Å². The van der Waals surface area contributed by atoms with E-state index in [0.717, 1.165) is 27.5 Å². The zero-order valence-corrected chi connectivity index (χ0v) is 31.9. The second-order valence-corrected chi connectivity index (χ2v) is 19.9. The molecule has 1 amide bonds. The van der Waals surface area contributed by atoms with Crippen LogP contribution in [0.15, 0.2) is 134 Å². The lowest BCUT2D eigenvalue weighted by Gasteiger charge is -2.37. The number of nitrogens with zero attached hydrogens (tertiary/aromatic N) is 2. The van der Waals surface area contributed by atoms with Crippen LogP contribution in [-0.2, 0) is 11.1 Å². The second-order valence-electron chi connectivity index (χ2n) is 15.2. The molecule has 1 heterocycles. The topological polar surface area (TPSA) is 76.4 Å². The molecule has 1 atom stereocenters. The smallest absolute Gasteiger partial charge is 0.255 e. The molecule has 0 aliphatic carbocycles. The van der Waals surface area contributed by atoms with E-state index in [2.05, 4.69) is 117 Å². The van der Waals surface area contributed by atoms with Crippen molar-refractivity contribution in [1.29, 1.82) is 0 Å². The maximum atomic E-state index is 13.4. The molecule has 5 aromatic carbocycles. The highest BCUT2D eigenvalue weighted by Gasteiger charge is 2.43. The van der Waals surface area contributed by atoms with Crippen LogP contribution in [0.3, 0.4) is 0 Å². The molecule has 51 heavy (non-hydrogen) atoms. The SMILES string of the molecule is CNC(=O)c1c(O[Si](C)(C)C(C)(C)C)ccc2cc(C(O)(c3cn(C(c4ccccc4)(c4ccccc4)c4ccccc4)cn3)C(C)C)ccc12. The second kappa shape index (κ2) is 13.6. The van der Waals surface area contributed by atoms with Crippen LogP contribution >= 0.6 is 0 Å². The van der Waals surface area contributed by atoms with Gasteiger partial charge in [-0.25, -0.2) is 4.98 Å². The molecule has 1 aromatic heterocycles. The number of nitrogens with one attached hydrogen (secondary N) is 1. The predicted molar refractivity (Wildman–Crippen MR) is 210 cm³/mol. The molecule has 1 unspecified atom stereocenters. The number of carbonyl (C=O) groups excluding carboxylic acids is 1. The minimum atomic E-state index is -2.24. The molecule has 6 nitrogen and oxygen atoms in total. The van der Waals surface area contributed by atoms with Crippen LogP contribution < -0.4 is 9.74 Å². The molecule has 6 aromatic rings. The van der Waals surface area contributed by atoms with E-state index < -0.39 is 19.5 Å². The standard InChI is InChI=1S/C44H49N3O3Si/c1-31(2)44(49,36-25-26-37-32(28-36)24-27-38(40(37)41(48)45-6)50-51(7,8)42(3,4)5)39-29-47(30-46-39)43(33-18-12-9-13-19-33,34-20-14-10-15-21-34)35-22-16-11-17-23-35/h9-31,49H,1-8H3,(H,45,48). The van der Waals surface area contributed by atoms with Crippen molar-refractivity contribution >= 4 is 25.0 Å². The zero-order chi connectivity index (χ0) is 36.6. The number of imidazole rings is 1. The largest absolute Gasteiger partial charge is 0.543 e. The molecule has 0 spiro atoms. The number of hydrogen-bond donors (Lipinski definition) is 2. The third-order valence-electron chi connectivity index (χ3n) is 10.8. The van der Waals surface area contributed by atoms with Gasteiger partial charge in [-0.05, 0) is 69.2 Å². The molecule has 262 valence electrons. The summed E-state index contributed by atoms with van der Waals surface area (Å²) < 4.78 is 8.82. The Morgan fingerprint density at radius 1 is 0.784 bits per heavy atom. The van der Waals surface area contributed by atoms with Gasteiger partial charge in [-0.2, -0.15) is 0 Å². The number of amides is 1. The van der Waals surface area contributed by atoms with E-state index in [1.54, 1.807) is 7.05 Å². The van der Waals surface area contributed by atoms with E-state index in [1.807, 2.05) is 74.9 Å². The summed E-state index contributed by atoms with van der Waals surface area (Å²) in [4.78, 5) is 18.4. The minimum Gasteiger partial charge on any atom is -0.543 e. The number of rotatable bonds is 10. The van der Waals surface area contributed by atoms with Gasteiger partial charge in [-0.1, -0.05) is 144 Å². The maximum Gasteiger partial charge on any atom is 0.255 e. The van der Waals surface area contributed by atoms with Gasteiger partial charge in [0.15, 0.2) is 0 Å². The third-order valence-corrected chi connectivity index (χ3v) is 15.2. The highest BCUT2D eigenvalue weighted by Crippen LogP contribution is 2.44. The Kier molecular flexibility index (Phi) is 9.57. The highest BCUT2D eigenvalue weighted by molar-refractivity contribution is 6.74. The first-order valence-corrected chi connectivity index (χ1v) is 20.6. The van der Waals surface area contributed by atoms with Gasteiger partial charge >= 0.3 is 0 Å². The highest BCUT2D eigenvalue weighted by atomic mass is 28.4. The summed E-state index contributed by atoms with van der Waals surface area (Å²) in [5.74, 6) is 0.134. The molecule has 2 N–H and O–H groups in total. The van der Waals surface area contributed by atoms with Crippen molar-refractivity contribution in [3.8, 4) is 5.75 Å². The van der Waals surface area contributed by atoms with Crippen molar-refractivity contribution in [3.63, 3.8) is 0 Å². The normalized spacial score (nSPS) is 13.6. The summed E-state index contributed by atoms with van der Waals surface area (Å²) >= 11 is 0. The van der Waals surface area contributed by atoms with Crippen LogP contribution in [0.2, 0.25) is 18.1 Å². The van der Waals surface area contributed by atoms with Gasteiger partial charge in [-0.15, -0.1) is 0 Å². The average molecular weight is 696 g/mol. The summed E-state index contributed by atoms with van der Waals surface area (Å²) in [5, 5.41) is 17.2. The lowest BCUT2D eigenvalue weighted by Crippen LogP contribution is -2.44. The van der Waals surface area contributed by atoms with Crippen molar-refractivity contribution in [2.45, 2.75) is 63.9 Å². The summed E-state index contributed by atoms with van der Waals surface area (Å²) in [5.41, 5.74) is 2.74. The number of aliphatic hydroxyl groups is 1. The van der Waals surface area contributed by atoms with Crippen molar-refractivity contribution in [2.24, 2.45) is 5.92 Å². The quantitative estimate of drug-likeness (QED) is 0.111. The maximum absolute atomic E-state index is 13.4. The van der Waals surface area contributed by atoms with Gasteiger partial charge in [-0.3, -0.25) is 4.79 Å². The molecule has 0 bridgehead atoms. The third kappa shape index (κ3) is 6.19. The van der Waals surface area contributed by atoms with Gasteiger partial charge in [0.25, 0.3) is 14.2 Å². The molecular formula is C44H49N3O3Si. The monoisotopic (exact) mass is 695 g/mol. The van der Waals surface area contributed by atoms with Gasteiger partial charge < -0.3 is 19.4 Å². The Labute approximate surface area is 303 Å².